The molecular formula is C14H15Cl2FN4O. The molecule has 8 heteroatoms. The lowest BCUT2D eigenvalue weighted by Gasteiger charge is -2.25. The molecule has 0 aliphatic carbocycles. The van der Waals surface area contributed by atoms with Gasteiger partial charge in [0.25, 0.3) is 0 Å². The number of aromatic nitrogens is 3. The molecule has 3 rings (SSSR count). The van der Waals surface area contributed by atoms with Gasteiger partial charge in [-0.2, -0.15) is 0 Å². The zero-order chi connectivity index (χ0) is 14.8. The van der Waals surface area contributed by atoms with Crippen molar-refractivity contribution in [1.82, 2.24) is 20.1 Å². The summed E-state index contributed by atoms with van der Waals surface area (Å²) in [7, 11) is 0. The molecule has 2 heterocycles. The zero-order valence-electron chi connectivity index (χ0n) is 11.6. The van der Waals surface area contributed by atoms with E-state index in [9.17, 15) is 9.18 Å². The molecule has 2 aromatic rings. The minimum atomic E-state index is -0.334. The maximum atomic E-state index is 13.9. The average molecular weight is 345 g/mol. The number of hydrogen-bond acceptors (Lipinski definition) is 3. The number of halogens is 3. The molecule has 0 fully saturated rings. The Kier molecular flexibility index (Phi) is 5.37. The molecule has 1 aromatic carbocycles. The Morgan fingerprint density at radius 1 is 1.41 bits per heavy atom. The first kappa shape index (κ1) is 16.7. The highest BCUT2D eigenvalue weighted by Gasteiger charge is 2.25. The van der Waals surface area contributed by atoms with E-state index >= 15 is 0 Å². The molecular weight excluding hydrogens is 330 g/mol. The van der Waals surface area contributed by atoms with Crippen LogP contribution in [0.15, 0.2) is 24.3 Å². The summed E-state index contributed by atoms with van der Waals surface area (Å²) in [5.41, 5.74) is 0.417. The van der Waals surface area contributed by atoms with Crippen LogP contribution >= 0.6 is 24.0 Å². The number of alkyl halides is 1. The van der Waals surface area contributed by atoms with Gasteiger partial charge < -0.3 is 9.88 Å². The molecule has 0 radical (unpaired) electrons. The van der Waals surface area contributed by atoms with E-state index < -0.39 is 0 Å². The summed E-state index contributed by atoms with van der Waals surface area (Å²) in [6, 6.07) is 6.43. The van der Waals surface area contributed by atoms with Crippen LogP contribution < -0.4 is 5.32 Å². The molecule has 1 aliphatic heterocycles. The summed E-state index contributed by atoms with van der Waals surface area (Å²) in [4.78, 5) is 11.4. The summed E-state index contributed by atoms with van der Waals surface area (Å²) in [5.74, 6) is 0.703. The van der Waals surface area contributed by atoms with E-state index in [0.717, 1.165) is 12.2 Å². The van der Waals surface area contributed by atoms with Crippen LogP contribution in [-0.4, -0.2) is 32.6 Å². The first-order valence-electron chi connectivity index (χ1n) is 6.71. The second-order valence-corrected chi connectivity index (χ2v) is 5.23. The standard InChI is InChI=1S/C14H14ClFN4O.ClH/c15-7-13(21)17-9-5-6-12-18-19-14(20(12)8-9)10-3-1-2-4-11(10)16;/h1-4,9H,5-8H2,(H,17,21);1H. The van der Waals surface area contributed by atoms with Crippen LogP contribution in [0.25, 0.3) is 11.4 Å². The molecule has 118 valence electrons. The molecule has 1 N–H and O–H groups in total. The molecule has 1 amide bonds. The fraction of sp³-hybridized carbons (Fsp3) is 0.357. The normalized spacial score (nSPS) is 16.5. The van der Waals surface area contributed by atoms with Crippen LogP contribution in [0, 0.1) is 5.82 Å². The molecule has 22 heavy (non-hydrogen) atoms. The van der Waals surface area contributed by atoms with Crippen molar-refractivity contribution in [2.45, 2.75) is 25.4 Å². The van der Waals surface area contributed by atoms with Crippen molar-refractivity contribution in [2.75, 3.05) is 5.88 Å². The van der Waals surface area contributed by atoms with Gasteiger partial charge in [-0.3, -0.25) is 4.79 Å². The van der Waals surface area contributed by atoms with Crippen LogP contribution in [0.2, 0.25) is 0 Å². The van der Waals surface area contributed by atoms with Crippen molar-refractivity contribution >= 4 is 29.9 Å². The van der Waals surface area contributed by atoms with Crippen LogP contribution in [0.1, 0.15) is 12.2 Å². The van der Waals surface area contributed by atoms with E-state index in [0.29, 0.717) is 24.4 Å². The first-order chi connectivity index (χ1) is 10.2. The Morgan fingerprint density at radius 3 is 2.91 bits per heavy atom. The predicted octanol–water partition coefficient (Wildman–Crippen LogP) is 2.18. The van der Waals surface area contributed by atoms with Crippen molar-refractivity contribution < 1.29 is 9.18 Å². The lowest BCUT2D eigenvalue weighted by Crippen LogP contribution is -2.41. The number of fused-ring (bicyclic) bond motifs is 1. The van der Waals surface area contributed by atoms with Crippen LogP contribution in [0.3, 0.4) is 0 Å². The Labute approximate surface area is 138 Å². The first-order valence-corrected chi connectivity index (χ1v) is 7.25. The Balaban J connectivity index is 0.00000176. The summed E-state index contributed by atoms with van der Waals surface area (Å²) in [5, 5.41) is 11.1. The number of amides is 1. The summed E-state index contributed by atoms with van der Waals surface area (Å²) in [6.45, 7) is 0.522. The SMILES string of the molecule is Cl.O=C(CCl)NC1CCc2nnc(-c3ccccc3F)n2C1. The van der Waals surface area contributed by atoms with Gasteiger partial charge in [0.2, 0.25) is 5.91 Å². The molecule has 0 saturated carbocycles. The Bertz CT molecular complexity index is 677. The van der Waals surface area contributed by atoms with Gasteiger partial charge in [-0.15, -0.1) is 34.2 Å². The van der Waals surface area contributed by atoms with Crippen LogP contribution in [0.4, 0.5) is 4.39 Å². The van der Waals surface area contributed by atoms with Gasteiger partial charge in [0.15, 0.2) is 5.82 Å². The number of rotatable bonds is 3. The van der Waals surface area contributed by atoms with Gasteiger partial charge in [0.05, 0.1) is 5.56 Å². The molecule has 0 spiro atoms. The lowest BCUT2D eigenvalue weighted by molar-refractivity contribution is -0.119. The summed E-state index contributed by atoms with van der Waals surface area (Å²) in [6.07, 6.45) is 1.46. The average Bonchev–Trinajstić information content (AvgIpc) is 2.90. The highest BCUT2D eigenvalue weighted by molar-refractivity contribution is 6.27. The summed E-state index contributed by atoms with van der Waals surface area (Å²) >= 11 is 5.51. The smallest absolute Gasteiger partial charge is 0.235 e. The zero-order valence-corrected chi connectivity index (χ0v) is 13.2. The highest BCUT2D eigenvalue weighted by atomic mass is 35.5. The largest absolute Gasteiger partial charge is 0.351 e. The third-order valence-corrected chi connectivity index (χ3v) is 3.79. The molecule has 0 saturated heterocycles. The quantitative estimate of drug-likeness (QED) is 0.868. The number of aryl methyl sites for hydroxylation is 1. The second kappa shape index (κ2) is 7.07. The molecule has 5 nitrogen and oxygen atoms in total. The van der Waals surface area contributed by atoms with Crippen molar-refractivity contribution in [3.05, 3.63) is 35.9 Å². The van der Waals surface area contributed by atoms with Gasteiger partial charge in [-0.05, 0) is 18.6 Å². The minimum Gasteiger partial charge on any atom is -0.351 e. The maximum Gasteiger partial charge on any atom is 0.235 e. The third-order valence-electron chi connectivity index (χ3n) is 3.55. The van der Waals surface area contributed by atoms with Gasteiger partial charge in [0, 0.05) is 19.0 Å². The topological polar surface area (TPSA) is 59.8 Å². The number of benzene rings is 1. The van der Waals surface area contributed by atoms with Crippen molar-refractivity contribution in [3.63, 3.8) is 0 Å². The Hall–Kier alpha value is -1.66. The fourth-order valence-corrected chi connectivity index (χ4v) is 2.63. The highest BCUT2D eigenvalue weighted by Crippen LogP contribution is 2.25. The monoisotopic (exact) mass is 344 g/mol. The Morgan fingerprint density at radius 2 is 2.18 bits per heavy atom. The van der Waals surface area contributed by atoms with Gasteiger partial charge >= 0.3 is 0 Å². The number of carbonyl (C=O) groups is 1. The number of carbonyl (C=O) groups excluding carboxylic acids is 1. The lowest BCUT2D eigenvalue weighted by atomic mass is 10.1. The molecule has 1 unspecified atom stereocenters. The van der Waals surface area contributed by atoms with Crippen LogP contribution in [-0.2, 0) is 17.8 Å². The molecule has 1 atom stereocenters. The maximum absolute atomic E-state index is 13.9. The van der Waals surface area contributed by atoms with Crippen LogP contribution in [0.5, 0.6) is 0 Å². The molecule has 1 aliphatic rings. The van der Waals surface area contributed by atoms with Gasteiger partial charge in [-0.25, -0.2) is 4.39 Å². The van der Waals surface area contributed by atoms with E-state index in [1.807, 2.05) is 4.57 Å². The predicted molar refractivity (Wildman–Crippen MR) is 83.6 cm³/mol. The van der Waals surface area contributed by atoms with Gasteiger partial charge in [0.1, 0.15) is 17.5 Å². The van der Waals surface area contributed by atoms with E-state index in [1.165, 1.54) is 6.07 Å². The third kappa shape index (κ3) is 3.23. The van der Waals surface area contributed by atoms with E-state index in [4.69, 9.17) is 11.6 Å². The molecule has 0 bridgehead atoms. The van der Waals surface area contributed by atoms with Crippen molar-refractivity contribution in [3.8, 4) is 11.4 Å². The van der Waals surface area contributed by atoms with E-state index in [2.05, 4.69) is 15.5 Å². The second-order valence-electron chi connectivity index (χ2n) is 4.97. The number of hydrogen-bond donors (Lipinski definition) is 1. The van der Waals surface area contributed by atoms with Crippen molar-refractivity contribution in [2.24, 2.45) is 0 Å². The summed E-state index contributed by atoms with van der Waals surface area (Å²) < 4.78 is 15.8. The van der Waals surface area contributed by atoms with E-state index in [-0.39, 0.29) is 36.1 Å². The van der Waals surface area contributed by atoms with E-state index in [1.54, 1.807) is 18.2 Å². The number of nitrogens with zero attached hydrogens (tertiary/aromatic N) is 3. The van der Waals surface area contributed by atoms with Crippen molar-refractivity contribution in [1.29, 1.82) is 0 Å². The fourth-order valence-electron chi connectivity index (χ4n) is 2.55. The van der Waals surface area contributed by atoms with Gasteiger partial charge in [-0.1, -0.05) is 12.1 Å². The minimum absolute atomic E-state index is 0. The molecule has 1 aromatic heterocycles. The number of nitrogens with one attached hydrogen (secondary N) is 1.